The van der Waals surface area contributed by atoms with Gasteiger partial charge in [-0.25, -0.2) is 4.68 Å². The van der Waals surface area contributed by atoms with E-state index in [1.807, 2.05) is 7.05 Å². The number of rotatable bonds is 1. The van der Waals surface area contributed by atoms with E-state index in [1.165, 1.54) is 6.42 Å². The molecule has 1 aromatic rings. The molecule has 1 heterocycles. The molecule has 4 nitrogen and oxygen atoms in total. The summed E-state index contributed by atoms with van der Waals surface area (Å²) in [6, 6.07) is 0. The average molecular weight is 274 g/mol. The Kier molecular flexibility index (Phi) is 2.85. The summed E-state index contributed by atoms with van der Waals surface area (Å²) in [4.78, 5) is 0. The van der Waals surface area contributed by atoms with Gasteiger partial charge in [-0.1, -0.05) is 25.0 Å². The van der Waals surface area contributed by atoms with Crippen molar-refractivity contribution in [3.05, 3.63) is 10.3 Å². The molecule has 0 amide bonds. The minimum atomic E-state index is -0.769. The molecule has 0 aliphatic heterocycles. The van der Waals surface area contributed by atoms with E-state index in [0.717, 1.165) is 25.0 Å². The first kappa shape index (κ1) is 11.1. The quantitative estimate of drug-likeness (QED) is 0.851. The third-order valence-electron chi connectivity index (χ3n) is 3.46. The zero-order valence-corrected chi connectivity index (χ0v) is 10.7. The molecule has 0 radical (unpaired) electrons. The van der Waals surface area contributed by atoms with E-state index in [4.69, 9.17) is 0 Å². The van der Waals surface area contributed by atoms with Crippen molar-refractivity contribution in [3.63, 3.8) is 0 Å². The van der Waals surface area contributed by atoms with Crippen LogP contribution in [0.4, 0.5) is 0 Å². The zero-order valence-electron chi connectivity index (χ0n) is 9.07. The summed E-state index contributed by atoms with van der Waals surface area (Å²) < 4.78 is 2.34. The number of aromatic nitrogens is 3. The summed E-state index contributed by atoms with van der Waals surface area (Å²) >= 11 is 3.36. The van der Waals surface area contributed by atoms with Crippen LogP contribution in [0, 0.1) is 5.92 Å². The van der Waals surface area contributed by atoms with Crippen LogP contribution in [0.5, 0.6) is 0 Å². The zero-order chi connectivity index (χ0) is 11.1. The molecule has 0 bridgehead atoms. The molecule has 1 N–H and O–H groups in total. The van der Waals surface area contributed by atoms with Crippen LogP contribution in [0.15, 0.2) is 4.60 Å². The second-order valence-electron chi connectivity index (χ2n) is 4.42. The number of nitrogens with zero attached hydrogens (tertiary/aromatic N) is 3. The minimum absolute atomic E-state index is 0.264. The van der Waals surface area contributed by atoms with Gasteiger partial charge in [-0.3, -0.25) is 0 Å². The van der Waals surface area contributed by atoms with Crippen molar-refractivity contribution < 1.29 is 5.11 Å². The summed E-state index contributed by atoms with van der Waals surface area (Å²) in [5, 5.41) is 18.6. The first-order valence-electron chi connectivity index (χ1n) is 5.33. The Morgan fingerprint density at radius 1 is 1.53 bits per heavy atom. The van der Waals surface area contributed by atoms with Crippen molar-refractivity contribution >= 4 is 15.9 Å². The molecule has 0 aromatic carbocycles. The van der Waals surface area contributed by atoms with E-state index in [1.54, 1.807) is 4.68 Å². The Balaban J connectivity index is 2.43. The van der Waals surface area contributed by atoms with Crippen LogP contribution in [-0.4, -0.2) is 20.1 Å². The third kappa shape index (κ3) is 1.72. The molecule has 1 aromatic heterocycles. The van der Waals surface area contributed by atoms with Gasteiger partial charge in [0.15, 0.2) is 4.60 Å². The molecule has 1 saturated carbocycles. The maximum absolute atomic E-state index is 10.7. The Morgan fingerprint density at radius 2 is 2.27 bits per heavy atom. The van der Waals surface area contributed by atoms with Gasteiger partial charge in [-0.05, 0) is 34.7 Å². The van der Waals surface area contributed by atoms with Crippen molar-refractivity contribution in [2.75, 3.05) is 0 Å². The Labute approximate surface area is 97.8 Å². The highest BCUT2D eigenvalue weighted by Crippen LogP contribution is 2.42. The van der Waals surface area contributed by atoms with Gasteiger partial charge >= 0.3 is 0 Å². The molecule has 5 heteroatoms. The fourth-order valence-corrected chi connectivity index (χ4v) is 3.14. The Bertz CT molecular complexity index is 346. The fourth-order valence-electron chi connectivity index (χ4n) is 2.47. The van der Waals surface area contributed by atoms with Crippen molar-refractivity contribution in [2.45, 2.75) is 38.2 Å². The summed E-state index contributed by atoms with van der Waals surface area (Å²) in [6.07, 6.45) is 4.13. The second kappa shape index (κ2) is 3.87. The van der Waals surface area contributed by atoms with E-state index in [-0.39, 0.29) is 5.92 Å². The lowest BCUT2D eigenvalue weighted by Crippen LogP contribution is -2.38. The molecule has 2 unspecified atom stereocenters. The Morgan fingerprint density at radius 3 is 2.80 bits per heavy atom. The summed E-state index contributed by atoms with van der Waals surface area (Å²) in [5.41, 5.74) is 0.0460. The topological polar surface area (TPSA) is 50.9 Å². The van der Waals surface area contributed by atoms with Crippen LogP contribution >= 0.6 is 15.9 Å². The van der Waals surface area contributed by atoms with Crippen molar-refractivity contribution in [1.82, 2.24) is 15.0 Å². The average Bonchev–Trinajstić information content (AvgIpc) is 2.52. The minimum Gasteiger partial charge on any atom is -0.383 e. The fraction of sp³-hybridized carbons (Fsp3) is 0.800. The van der Waals surface area contributed by atoms with Crippen molar-refractivity contribution in [2.24, 2.45) is 13.0 Å². The van der Waals surface area contributed by atoms with Crippen molar-refractivity contribution in [1.29, 1.82) is 0 Å². The largest absolute Gasteiger partial charge is 0.383 e. The van der Waals surface area contributed by atoms with Gasteiger partial charge in [0.1, 0.15) is 11.3 Å². The third-order valence-corrected chi connectivity index (χ3v) is 3.99. The molecule has 15 heavy (non-hydrogen) atoms. The smallest absolute Gasteiger partial charge is 0.154 e. The van der Waals surface area contributed by atoms with Gasteiger partial charge in [0, 0.05) is 7.05 Å². The molecular formula is C10H16BrN3O. The maximum Gasteiger partial charge on any atom is 0.154 e. The van der Waals surface area contributed by atoms with Crippen molar-refractivity contribution in [3.8, 4) is 0 Å². The van der Waals surface area contributed by atoms with E-state index >= 15 is 0 Å². The molecule has 1 fully saturated rings. The van der Waals surface area contributed by atoms with E-state index < -0.39 is 5.60 Å². The molecule has 2 rings (SSSR count). The van der Waals surface area contributed by atoms with Gasteiger partial charge < -0.3 is 5.11 Å². The summed E-state index contributed by atoms with van der Waals surface area (Å²) in [5.74, 6) is 0.264. The molecular weight excluding hydrogens is 258 g/mol. The van der Waals surface area contributed by atoms with Gasteiger partial charge in [0.2, 0.25) is 0 Å². The van der Waals surface area contributed by atoms with Crippen LogP contribution in [-0.2, 0) is 12.6 Å². The number of halogens is 1. The van der Waals surface area contributed by atoms with Gasteiger partial charge in [-0.2, -0.15) is 0 Å². The SMILES string of the molecule is CC1CCCCC1(O)c1c(Br)nnn1C. The lowest BCUT2D eigenvalue weighted by molar-refractivity contribution is -0.0540. The monoisotopic (exact) mass is 273 g/mol. The molecule has 2 atom stereocenters. The van der Waals surface area contributed by atoms with Crippen LogP contribution in [0.1, 0.15) is 38.3 Å². The van der Waals surface area contributed by atoms with E-state index in [0.29, 0.717) is 4.60 Å². The highest BCUT2D eigenvalue weighted by atomic mass is 79.9. The van der Waals surface area contributed by atoms with Gasteiger partial charge in [0.05, 0.1) is 0 Å². The van der Waals surface area contributed by atoms with Gasteiger partial charge in [0.25, 0.3) is 0 Å². The predicted octanol–water partition coefficient (Wildman–Crippen LogP) is 1.98. The molecule has 1 aliphatic carbocycles. The second-order valence-corrected chi connectivity index (χ2v) is 5.17. The summed E-state index contributed by atoms with van der Waals surface area (Å²) in [6.45, 7) is 2.10. The number of aryl methyl sites for hydroxylation is 1. The van der Waals surface area contributed by atoms with Crippen LogP contribution in [0.25, 0.3) is 0 Å². The van der Waals surface area contributed by atoms with Crippen LogP contribution < -0.4 is 0 Å². The van der Waals surface area contributed by atoms with Crippen LogP contribution in [0.2, 0.25) is 0 Å². The van der Waals surface area contributed by atoms with Gasteiger partial charge in [-0.15, -0.1) is 5.10 Å². The number of aliphatic hydroxyl groups is 1. The lowest BCUT2D eigenvalue weighted by Gasteiger charge is -2.37. The normalized spacial score (nSPS) is 31.9. The number of hydrogen-bond donors (Lipinski definition) is 1. The number of hydrogen-bond acceptors (Lipinski definition) is 3. The highest BCUT2D eigenvalue weighted by molar-refractivity contribution is 9.10. The van der Waals surface area contributed by atoms with E-state index in [2.05, 4.69) is 33.2 Å². The highest BCUT2D eigenvalue weighted by Gasteiger charge is 2.41. The lowest BCUT2D eigenvalue weighted by atomic mass is 9.74. The Hall–Kier alpha value is -0.420. The summed E-state index contributed by atoms with van der Waals surface area (Å²) in [7, 11) is 1.83. The molecule has 0 spiro atoms. The standard InChI is InChI=1S/C10H16BrN3O/c1-7-5-3-4-6-10(7,15)8-9(11)12-13-14(8)2/h7,15H,3-6H2,1-2H3. The molecule has 1 aliphatic rings. The molecule has 0 saturated heterocycles. The van der Waals surface area contributed by atoms with Crippen LogP contribution in [0.3, 0.4) is 0 Å². The van der Waals surface area contributed by atoms with E-state index in [9.17, 15) is 5.11 Å². The first-order valence-corrected chi connectivity index (χ1v) is 6.13. The predicted molar refractivity (Wildman–Crippen MR) is 60.2 cm³/mol. The first-order chi connectivity index (χ1) is 7.05. The maximum atomic E-state index is 10.7. The molecule has 84 valence electrons.